The van der Waals surface area contributed by atoms with Gasteiger partial charge in [0.2, 0.25) is 0 Å². The van der Waals surface area contributed by atoms with Gasteiger partial charge in [-0.3, -0.25) is 4.79 Å². The van der Waals surface area contributed by atoms with Crippen molar-refractivity contribution in [1.82, 2.24) is 4.90 Å². The van der Waals surface area contributed by atoms with Crippen molar-refractivity contribution in [2.75, 3.05) is 38.2 Å². The zero-order chi connectivity index (χ0) is 24.8. The van der Waals surface area contributed by atoms with E-state index >= 15 is 0 Å². The van der Waals surface area contributed by atoms with Crippen LogP contribution in [0.5, 0.6) is 17.2 Å². The van der Waals surface area contributed by atoms with E-state index in [-0.39, 0.29) is 24.0 Å². The number of furan rings is 1. The van der Waals surface area contributed by atoms with Crippen LogP contribution < -0.4 is 19.1 Å². The van der Waals surface area contributed by atoms with Gasteiger partial charge in [-0.15, -0.1) is 13.2 Å². The third-order valence-electron chi connectivity index (χ3n) is 5.52. The molecule has 0 saturated carbocycles. The van der Waals surface area contributed by atoms with Gasteiger partial charge in [-0.1, -0.05) is 12.1 Å². The Morgan fingerprint density at radius 3 is 2.43 bits per heavy atom. The lowest BCUT2D eigenvalue weighted by Crippen LogP contribution is -2.35. The Morgan fingerprint density at radius 2 is 1.69 bits per heavy atom. The molecule has 10 heteroatoms. The van der Waals surface area contributed by atoms with E-state index in [9.17, 15) is 18.0 Å². The molecule has 35 heavy (non-hydrogen) atoms. The molecule has 1 aromatic heterocycles. The number of alkyl halides is 3. The molecule has 0 bridgehead atoms. The number of hydrogen-bond acceptors (Lipinski definition) is 6. The van der Waals surface area contributed by atoms with E-state index in [1.807, 2.05) is 24.3 Å². The molecular weight excluding hydrogens is 465 g/mol. The molecule has 1 aliphatic rings. The fourth-order valence-corrected chi connectivity index (χ4v) is 3.87. The predicted molar refractivity (Wildman–Crippen MR) is 122 cm³/mol. The maximum atomic E-state index is 13.0. The summed E-state index contributed by atoms with van der Waals surface area (Å²) >= 11 is 0. The number of benzene rings is 2. The molecule has 0 atom stereocenters. The molecule has 0 unspecified atom stereocenters. The van der Waals surface area contributed by atoms with Crippen molar-refractivity contribution in [3.8, 4) is 17.2 Å². The third-order valence-corrected chi connectivity index (χ3v) is 5.52. The van der Waals surface area contributed by atoms with Gasteiger partial charge in [-0.05, 0) is 55.0 Å². The summed E-state index contributed by atoms with van der Waals surface area (Å²) in [6.45, 7) is 2.62. The number of methoxy groups -OCH3 is 1. The highest BCUT2D eigenvalue weighted by Gasteiger charge is 2.31. The van der Waals surface area contributed by atoms with Gasteiger partial charge in [0, 0.05) is 26.2 Å². The van der Waals surface area contributed by atoms with Gasteiger partial charge >= 0.3 is 6.36 Å². The Bertz CT molecular complexity index is 1130. The number of carbonyl (C=O) groups is 1. The first-order chi connectivity index (χ1) is 16.8. The SMILES string of the molecule is COc1ccccc1N1CCCN(C(=O)c2ccc(COc3ccc(OC(F)(F)F)cc3)o2)CC1. The van der Waals surface area contributed by atoms with E-state index in [0.29, 0.717) is 31.1 Å². The molecular formula is C25H25F3N2O5. The van der Waals surface area contributed by atoms with E-state index in [1.165, 1.54) is 12.1 Å². The van der Waals surface area contributed by atoms with Crippen molar-refractivity contribution in [1.29, 1.82) is 0 Å². The Hall–Kier alpha value is -3.82. The van der Waals surface area contributed by atoms with E-state index in [0.717, 1.165) is 36.5 Å². The average Bonchev–Trinajstić information content (AvgIpc) is 3.18. The molecule has 0 spiro atoms. The number of para-hydroxylation sites is 2. The van der Waals surface area contributed by atoms with Crippen molar-refractivity contribution < 1.29 is 36.6 Å². The fraction of sp³-hybridized carbons (Fsp3) is 0.320. The topological polar surface area (TPSA) is 64.4 Å². The van der Waals surface area contributed by atoms with Crippen LogP contribution in [-0.4, -0.2) is 50.5 Å². The Kier molecular flexibility index (Phi) is 7.38. The Labute approximate surface area is 200 Å². The monoisotopic (exact) mass is 490 g/mol. The van der Waals surface area contributed by atoms with Crippen LogP contribution in [0.4, 0.5) is 18.9 Å². The molecule has 186 valence electrons. The normalized spacial score (nSPS) is 14.4. The summed E-state index contributed by atoms with van der Waals surface area (Å²) < 4.78 is 57.3. The largest absolute Gasteiger partial charge is 0.573 e. The number of anilines is 1. The molecule has 1 saturated heterocycles. The summed E-state index contributed by atoms with van der Waals surface area (Å²) in [4.78, 5) is 17.0. The summed E-state index contributed by atoms with van der Waals surface area (Å²) in [6.07, 6.45) is -3.95. The maximum absolute atomic E-state index is 13.0. The lowest BCUT2D eigenvalue weighted by molar-refractivity contribution is -0.274. The van der Waals surface area contributed by atoms with Crippen LogP contribution in [0.25, 0.3) is 0 Å². The van der Waals surface area contributed by atoms with Gasteiger partial charge in [0.1, 0.15) is 29.6 Å². The molecule has 0 N–H and O–H groups in total. The van der Waals surface area contributed by atoms with Crippen molar-refractivity contribution in [2.24, 2.45) is 0 Å². The average molecular weight is 490 g/mol. The smallest absolute Gasteiger partial charge is 0.495 e. The van der Waals surface area contributed by atoms with E-state index in [2.05, 4.69) is 9.64 Å². The van der Waals surface area contributed by atoms with Gasteiger partial charge < -0.3 is 28.4 Å². The van der Waals surface area contributed by atoms with Crippen LogP contribution in [-0.2, 0) is 6.61 Å². The number of carbonyl (C=O) groups excluding carboxylic acids is 1. The standard InChI is InChI=1S/C25H25F3N2O5/c1-32-22-6-3-2-5-21(22)29-13-4-14-30(16-15-29)24(31)23-12-11-20(34-23)17-33-18-7-9-19(10-8-18)35-25(26,27)28/h2-3,5-12H,4,13-17H2,1H3. The van der Waals surface area contributed by atoms with Crippen LogP contribution in [0.15, 0.2) is 65.1 Å². The Balaban J connectivity index is 1.32. The third kappa shape index (κ3) is 6.40. The highest BCUT2D eigenvalue weighted by Crippen LogP contribution is 2.29. The summed E-state index contributed by atoms with van der Waals surface area (Å²) in [6, 6.07) is 16.1. The zero-order valence-corrected chi connectivity index (χ0v) is 19.1. The molecule has 1 fully saturated rings. The number of ether oxygens (including phenoxy) is 3. The second-order valence-corrected chi connectivity index (χ2v) is 7.88. The highest BCUT2D eigenvalue weighted by atomic mass is 19.4. The second-order valence-electron chi connectivity index (χ2n) is 7.88. The molecule has 4 rings (SSSR count). The van der Waals surface area contributed by atoms with Gasteiger partial charge in [-0.2, -0.15) is 0 Å². The molecule has 3 aromatic rings. The second kappa shape index (κ2) is 10.6. The van der Waals surface area contributed by atoms with Crippen molar-refractivity contribution in [3.63, 3.8) is 0 Å². The van der Waals surface area contributed by atoms with Crippen LogP contribution in [0, 0.1) is 0 Å². The summed E-state index contributed by atoms with van der Waals surface area (Å²) in [5.74, 6) is 1.24. The van der Waals surface area contributed by atoms with Crippen molar-refractivity contribution in [2.45, 2.75) is 19.4 Å². The number of halogens is 3. The predicted octanol–water partition coefficient (Wildman–Crippen LogP) is 5.12. The van der Waals surface area contributed by atoms with Gasteiger partial charge in [0.15, 0.2) is 5.76 Å². The lowest BCUT2D eigenvalue weighted by atomic mass is 10.2. The van der Waals surface area contributed by atoms with Gasteiger partial charge in [-0.25, -0.2) is 0 Å². The van der Waals surface area contributed by atoms with Crippen LogP contribution >= 0.6 is 0 Å². The summed E-state index contributed by atoms with van der Waals surface area (Å²) in [5, 5.41) is 0. The first-order valence-electron chi connectivity index (χ1n) is 11.1. The number of amides is 1. The van der Waals surface area contributed by atoms with Gasteiger partial charge in [0.05, 0.1) is 12.8 Å². The Morgan fingerprint density at radius 1 is 0.943 bits per heavy atom. The summed E-state index contributed by atoms with van der Waals surface area (Å²) in [7, 11) is 1.64. The maximum Gasteiger partial charge on any atom is 0.573 e. The number of nitrogens with zero attached hydrogens (tertiary/aromatic N) is 2. The first kappa shape index (κ1) is 24.3. The molecule has 7 nitrogen and oxygen atoms in total. The fourth-order valence-electron chi connectivity index (χ4n) is 3.87. The minimum atomic E-state index is -4.75. The molecule has 1 amide bonds. The molecule has 2 aromatic carbocycles. The van der Waals surface area contributed by atoms with E-state index in [1.54, 1.807) is 24.1 Å². The molecule has 1 aliphatic heterocycles. The lowest BCUT2D eigenvalue weighted by Gasteiger charge is -2.25. The van der Waals surface area contributed by atoms with Crippen LogP contribution in [0.2, 0.25) is 0 Å². The summed E-state index contributed by atoms with van der Waals surface area (Å²) in [5.41, 5.74) is 1.000. The van der Waals surface area contributed by atoms with E-state index in [4.69, 9.17) is 13.9 Å². The minimum Gasteiger partial charge on any atom is -0.495 e. The number of hydrogen-bond donors (Lipinski definition) is 0. The molecule has 2 heterocycles. The zero-order valence-electron chi connectivity index (χ0n) is 19.1. The quantitative estimate of drug-likeness (QED) is 0.458. The molecule has 0 aliphatic carbocycles. The van der Waals surface area contributed by atoms with Crippen LogP contribution in [0.3, 0.4) is 0 Å². The number of rotatable bonds is 7. The molecule has 0 radical (unpaired) electrons. The van der Waals surface area contributed by atoms with Crippen LogP contribution in [0.1, 0.15) is 22.7 Å². The van der Waals surface area contributed by atoms with Gasteiger partial charge in [0.25, 0.3) is 5.91 Å². The highest BCUT2D eigenvalue weighted by molar-refractivity contribution is 5.91. The first-order valence-corrected chi connectivity index (χ1v) is 11.1. The van der Waals surface area contributed by atoms with E-state index < -0.39 is 6.36 Å². The minimum absolute atomic E-state index is 0.0222. The van der Waals surface area contributed by atoms with Crippen molar-refractivity contribution >= 4 is 11.6 Å². The van der Waals surface area contributed by atoms with Crippen molar-refractivity contribution in [3.05, 3.63) is 72.2 Å².